The molecule has 0 spiro atoms. The molecular formula is C21H31N2O+. The first-order chi connectivity index (χ1) is 11.7. The Labute approximate surface area is 146 Å². The van der Waals surface area contributed by atoms with Crippen molar-refractivity contribution in [1.29, 1.82) is 0 Å². The van der Waals surface area contributed by atoms with Gasteiger partial charge in [-0.25, -0.2) is 0 Å². The fourth-order valence-corrected chi connectivity index (χ4v) is 4.17. The number of hydrogen-bond acceptors (Lipinski definition) is 1. The zero-order chi connectivity index (χ0) is 16.8. The van der Waals surface area contributed by atoms with Crippen LogP contribution in [0.25, 0.3) is 0 Å². The molecule has 0 bridgehead atoms. The predicted molar refractivity (Wildman–Crippen MR) is 97.7 cm³/mol. The van der Waals surface area contributed by atoms with Gasteiger partial charge in [-0.2, -0.15) is 0 Å². The maximum atomic E-state index is 12.7. The van der Waals surface area contributed by atoms with Crippen LogP contribution in [-0.4, -0.2) is 37.5 Å². The Hall–Kier alpha value is -1.61. The molecule has 1 aliphatic carbocycles. The highest BCUT2D eigenvalue weighted by molar-refractivity contribution is 5.78. The molecule has 1 heterocycles. The summed E-state index contributed by atoms with van der Waals surface area (Å²) in [5.41, 5.74) is 1.21. The predicted octanol–water partition coefficient (Wildman–Crippen LogP) is 2.30. The summed E-state index contributed by atoms with van der Waals surface area (Å²) in [6.07, 6.45) is 10.6. The lowest BCUT2D eigenvalue weighted by Crippen LogP contribution is -3.13. The number of rotatable bonds is 5. The zero-order valence-electron chi connectivity index (χ0n) is 14.9. The van der Waals surface area contributed by atoms with Crippen molar-refractivity contribution in [2.45, 2.75) is 38.6 Å². The van der Waals surface area contributed by atoms with Crippen molar-refractivity contribution in [2.75, 3.05) is 26.7 Å². The van der Waals surface area contributed by atoms with Crippen molar-refractivity contribution in [2.24, 2.45) is 11.8 Å². The van der Waals surface area contributed by atoms with Crippen LogP contribution in [0.1, 0.15) is 37.7 Å². The number of amides is 1. The lowest BCUT2D eigenvalue weighted by atomic mass is 9.91. The van der Waals surface area contributed by atoms with Gasteiger partial charge in [-0.3, -0.25) is 4.79 Å². The van der Waals surface area contributed by atoms with Crippen LogP contribution in [0, 0.1) is 11.8 Å². The van der Waals surface area contributed by atoms with Crippen LogP contribution in [0.2, 0.25) is 0 Å². The Kier molecular flexibility index (Phi) is 6.08. The molecule has 24 heavy (non-hydrogen) atoms. The van der Waals surface area contributed by atoms with Gasteiger partial charge in [0.2, 0.25) is 5.91 Å². The van der Waals surface area contributed by atoms with E-state index < -0.39 is 0 Å². The van der Waals surface area contributed by atoms with E-state index in [0.29, 0.717) is 5.91 Å². The second-order valence-corrected chi connectivity index (χ2v) is 7.56. The highest BCUT2D eigenvalue weighted by Gasteiger charge is 2.30. The zero-order valence-corrected chi connectivity index (χ0v) is 14.9. The van der Waals surface area contributed by atoms with Gasteiger partial charge in [0.25, 0.3) is 0 Å². The minimum atomic E-state index is 0.230. The standard InChI is InChI=1S/C21H30N2O/c1-22(16-18-8-4-2-5-9-18)21(24)20-12-14-23(15-13-20)17-19-10-6-3-7-11-19/h2-6,8-9,19-20H,7,10-17H2,1H3/p+1/t19-/m0/s1. The van der Waals surface area contributed by atoms with E-state index in [1.54, 1.807) is 4.90 Å². The first-order valence-corrected chi connectivity index (χ1v) is 9.50. The summed E-state index contributed by atoms with van der Waals surface area (Å²) in [6, 6.07) is 10.3. The summed E-state index contributed by atoms with van der Waals surface area (Å²) in [4.78, 5) is 16.3. The first kappa shape index (κ1) is 17.2. The van der Waals surface area contributed by atoms with Crippen molar-refractivity contribution >= 4 is 5.91 Å². The molecule has 0 radical (unpaired) electrons. The number of nitrogens with zero attached hydrogens (tertiary/aromatic N) is 1. The third kappa shape index (κ3) is 4.70. The summed E-state index contributed by atoms with van der Waals surface area (Å²) in [5.74, 6) is 1.42. The van der Waals surface area contributed by atoms with Crippen molar-refractivity contribution in [1.82, 2.24) is 4.90 Å². The Morgan fingerprint density at radius 2 is 1.88 bits per heavy atom. The molecule has 1 aromatic rings. The third-order valence-electron chi connectivity index (χ3n) is 5.64. The smallest absolute Gasteiger partial charge is 0.226 e. The number of piperidine rings is 1. The number of allylic oxidation sites excluding steroid dienone is 2. The Balaban J connectivity index is 1.43. The SMILES string of the molecule is CN(Cc1ccccc1)C(=O)C1CC[NH+](C[C@H]2CC=CCC2)CC1. The van der Waals surface area contributed by atoms with Crippen LogP contribution < -0.4 is 4.90 Å². The van der Waals surface area contributed by atoms with E-state index >= 15 is 0 Å². The van der Waals surface area contributed by atoms with E-state index in [0.717, 1.165) is 38.4 Å². The highest BCUT2D eigenvalue weighted by atomic mass is 16.2. The fourth-order valence-electron chi connectivity index (χ4n) is 4.17. The molecule has 1 N–H and O–H groups in total. The van der Waals surface area contributed by atoms with Crippen LogP contribution in [0.5, 0.6) is 0 Å². The average Bonchev–Trinajstić information content (AvgIpc) is 2.63. The molecular weight excluding hydrogens is 296 g/mol. The van der Waals surface area contributed by atoms with Crippen LogP contribution in [0.3, 0.4) is 0 Å². The van der Waals surface area contributed by atoms with Gasteiger partial charge in [0.05, 0.1) is 19.6 Å². The number of carbonyl (C=O) groups excluding carboxylic acids is 1. The van der Waals surface area contributed by atoms with E-state index in [1.807, 2.05) is 30.1 Å². The number of benzene rings is 1. The molecule has 1 atom stereocenters. The quantitative estimate of drug-likeness (QED) is 0.825. The van der Waals surface area contributed by atoms with Gasteiger partial charge in [0.1, 0.15) is 0 Å². The number of quaternary nitrogens is 1. The van der Waals surface area contributed by atoms with Crippen molar-refractivity contribution < 1.29 is 9.69 Å². The molecule has 3 nitrogen and oxygen atoms in total. The van der Waals surface area contributed by atoms with Crippen LogP contribution in [0.15, 0.2) is 42.5 Å². The molecule has 130 valence electrons. The maximum Gasteiger partial charge on any atom is 0.226 e. The van der Waals surface area contributed by atoms with Gasteiger partial charge in [-0.1, -0.05) is 42.5 Å². The summed E-state index contributed by atoms with van der Waals surface area (Å²) in [5, 5.41) is 0. The van der Waals surface area contributed by atoms with Gasteiger partial charge < -0.3 is 9.80 Å². The fraction of sp³-hybridized carbons (Fsp3) is 0.571. The Morgan fingerprint density at radius 1 is 1.12 bits per heavy atom. The van der Waals surface area contributed by atoms with Crippen molar-refractivity contribution in [3.8, 4) is 0 Å². The minimum absolute atomic E-state index is 0.230. The van der Waals surface area contributed by atoms with Crippen LogP contribution in [-0.2, 0) is 11.3 Å². The van der Waals surface area contributed by atoms with E-state index in [9.17, 15) is 4.79 Å². The van der Waals surface area contributed by atoms with Crippen molar-refractivity contribution in [3.05, 3.63) is 48.0 Å². The molecule has 0 aromatic heterocycles. The van der Waals surface area contributed by atoms with Gasteiger partial charge in [-0.15, -0.1) is 0 Å². The number of carbonyl (C=O) groups is 1. The first-order valence-electron chi connectivity index (χ1n) is 9.50. The normalized spacial score (nSPS) is 27.0. The van der Waals surface area contributed by atoms with Gasteiger partial charge >= 0.3 is 0 Å². The Morgan fingerprint density at radius 3 is 2.54 bits per heavy atom. The van der Waals surface area contributed by atoms with Gasteiger partial charge in [0.15, 0.2) is 0 Å². The van der Waals surface area contributed by atoms with Crippen LogP contribution in [0.4, 0.5) is 0 Å². The van der Waals surface area contributed by atoms with Crippen molar-refractivity contribution in [3.63, 3.8) is 0 Å². The molecule has 3 rings (SSSR count). The topological polar surface area (TPSA) is 24.8 Å². The van der Waals surface area contributed by atoms with E-state index in [2.05, 4.69) is 24.3 Å². The largest absolute Gasteiger partial charge is 0.341 e. The molecule has 1 fully saturated rings. The van der Waals surface area contributed by atoms with Crippen LogP contribution >= 0.6 is 0 Å². The van der Waals surface area contributed by atoms with E-state index in [-0.39, 0.29) is 5.92 Å². The molecule has 2 aliphatic rings. The molecule has 3 heteroatoms. The highest BCUT2D eigenvalue weighted by Crippen LogP contribution is 2.18. The molecule has 1 saturated heterocycles. The maximum absolute atomic E-state index is 12.7. The molecule has 1 aliphatic heterocycles. The monoisotopic (exact) mass is 327 g/mol. The van der Waals surface area contributed by atoms with Gasteiger partial charge in [-0.05, 0) is 24.8 Å². The van der Waals surface area contributed by atoms with E-state index in [4.69, 9.17) is 0 Å². The molecule has 0 saturated carbocycles. The Bertz CT molecular complexity index is 546. The number of nitrogens with one attached hydrogen (secondary N) is 1. The molecule has 0 unspecified atom stereocenters. The summed E-state index contributed by atoms with van der Waals surface area (Å²) < 4.78 is 0. The third-order valence-corrected chi connectivity index (χ3v) is 5.64. The number of hydrogen-bond donors (Lipinski definition) is 1. The summed E-state index contributed by atoms with van der Waals surface area (Å²) in [6.45, 7) is 4.35. The minimum Gasteiger partial charge on any atom is -0.341 e. The second kappa shape index (κ2) is 8.48. The summed E-state index contributed by atoms with van der Waals surface area (Å²) in [7, 11) is 1.95. The molecule has 1 amide bonds. The van der Waals surface area contributed by atoms with E-state index in [1.165, 1.54) is 31.4 Å². The average molecular weight is 327 g/mol. The lowest BCUT2D eigenvalue weighted by molar-refractivity contribution is -0.909. The second-order valence-electron chi connectivity index (χ2n) is 7.56. The lowest BCUT2D eigenvalue weighted by Gasteiger charge is -2.33. The number of likely N-dealkylation sites (tertiary alicyclic amines) is 1. The van der Waals surface area contributed by atoms with Gasteiger partial charge in [0, 0.05) is 38.3 Å². The molecule has 1 aromatic carbocycles. The summed E-state index contributed by atoms with van der Waals surface area (Å²) >= 11 is 0.